The van der Waals surface area contributed by atoms with Gasteiger partial charge in [-0.05, 0) is 36.6 Å². The molecular formula is C16H18ClN3. The molecular weight excluding hydrogens is 270 g/mol. The van der Waals surface area contributed by atoms with E-state index >= 15 is 0 Å². The maximum Gasteiger partial charge on any atom is 0.0718 e. The van der Waals surface area contributed by atoms with Gasteiger partial charge in [-0.25, -0.2) is 0 Å². The summed E-state index contributed by atoms with van der Waals surface area (Å²) in [5.41, 5.74) is 3.44. The summed E-state index contributed by atoms with van der Waals surface area (Å²) in [4.78, 5) is 6.51. The zero-order valence-electron chi connectivity index (χ0n) is 11.3. The van der Waals surface area contributed by atoms with Crippen molar-refractivity contribution in [2.45, 2.75) is 19.4 Å². The van der Waals surface area contributed by atoms with Crippen LogP contribution in [-0.2, 0) is 6.54 Å². The van der Waals surface area contributed by atoms with Gasteiger partial charge in [-0.15, -0.1) is 0 Å². The first-order valence-electron chi connectivity index (χ1n) is 7.00. The van der Waals surface area contributed by atoms with Gasteiger partial charge in [0.15, 0.2) is 0 Å². The molecule has 2 aromatic rings. The summed E-state index contributed by atoms with van der Waals surface area (Å²) in [5.74, 6) is 0. The zero-order chi connectivity index (χ0) is 13.8. The number of rotatable bonds is 4. The summed E-state index contributed by atoms with van der Waals surface area (Å²) in [5, 5.41) is 4.01. The van der Waals surface area contributed by atoms with E-state index in [0.29, 0.717) is 5.02 Å². The summed E-state index contributed by atoms with van der Waals surface area (Å²) in [7, 11) is 0. The van der Waals surface area contributed by atoms with E-state index in [0.717, 1.165) is 12.2 Å². The fourth-order valence-corrected chi connectivity index (χ4v) is 2.68. The molecule has 0 bridgehead atoms. The van der Waals surface area contributed by atoms with Gasteiger partial charge in [0, 0.05) is 31.5 Å². The molecule has 1 aliphatic rings. The molecule has 3 rings (SSSR count). The third-order valence-corrected chi connectivity index (χ3v) is 3.99. The van der Waals surface area contributed by atoms with Crippen LogP contribution in [0.2, 0.25) is 5.02 Å². The quantitative estimate of drug-likeness (QED) is 0.923. The lowest BCUT2D eigenvalue weighted by Gasteiger charge is -2.17. The van der Waals surface area contributed by atoms with Crippen molar-refractivity contribution in [3.8, 4) is 0 Å². The third-order valence-electron chi connectivity index (χ3n) is 3.66. The van der Waals surface area contributed by atoms with Crippen molar-refractivity contribution >= 4 is 23.0 Å². The normalized spacial score (nSPS) is 14.6. The number of hydrogen-bond acceptors (Lipinski definition) is 3. The molecule has 1 aromatic carbocycles. The summed E-state index contributed by atoms with van der Waals surface area (Å²) >= 11 is 6.09. The lowest BCUT2D eigenvalue weighted by atomic mass is 10.2. The molecule has 0 atom stereocenters. The average Bonchev–Trinajstić information content (AvgIpc) is 3.01. The summed E-state index contributed by atoms with van der Waals surface area (Å²) < 4.78 is 0. The Labute approximate surface area is 124 Å². The second kappa shape index (κ2) is 6.14. The largest absolute Gasteiger partial charge is 0.379 e. The van der Waals surface area contributed by atoms with Gasteiger partial charge in [0.2, 0.25) is 0 Å². The van der Waals surface area contributed by atoms with Crippen molar-refractivity contribution in [3.05, 3.63) is 53.3 Å². The molecule has 0 aliphatic carbocycles. The second-order valence-electron chi connectivity index (χ2n) is 5.07. The molecule has 0 saturated carbocycles. The highest BCUT2D eigenvalue weighted by atomic mass is 35.5. The first-order chi connectivity index (χ1) is 9.83. The third kappa shape index (κ3) is 3.05. The van der Waals surface area contributed by atoms with E-state index < -0.39 is 0 Å². The fourth-order valence-electron chi connectivity index (χ4n) is 2.50. The van der Waals surface area contributed by atoms with Crippen molar-refractivity contribution in [2.75, 3.05) is 23.3 Å². The van der Waals surface area contributed by atoms with Gasteiger partial charge in [-0.2, -0.15) is 0 Å². The number of benzene rings is 1. The Bertz CT molecular complexity index is 562. The Morgan fingerprint density at radius 1 is 1.10 bits per heavy atom. The predicted octanol–water partition coefficient (Wildman–Crippen LogP) is 3.95. The number of pyridine rings is 1. The highest BCUT2D eigenvalue weighted by molar-refractivity contribution is 6.33. The molecule has 0 radical (unpaired) electrons. The van der Waals surface area contributed by atoms with E-state index in [-0.39, 0.29) is 0 Å². The first-order valence-corrected chi connectivity index (χ1v) is 7.38. The molecule has 2 heterocycles. The SMILES string of the molecule is Clc1ccncc1NCc1ccc(N2CCCC2)cc1. The van der Waals surface area contributed by atoms with Crippen molar-refractivity contribution in [1.82, 2.24) is 4.98 Å². The fraction of sp³-hybridized carbons (Fsp3) is 0.312. The number of aromatic nitrogens is 1. The number of nitrogens with zero attached hydrogens (tertiary/aromatic N) is 2. The van der Waals surface area contributed by atoms with E-state index in [9.17, 15) is 0 Å². The van der Waals surface area contributed by atoms with Crippen LogP contribution in [-0.4, -0.2) is 18.1 Å². The maximum absolute atomic E-state index is 6.09. The van der Waals surface area contributed by atoms with Crippen molar-refractivity contribution in [1.29, 1.82) is 0 Å². The maximum atomic E-state index is 6.09. The summed E-state index contributed by atoms with van der Waals surface area (Å²) in [6.45, 7) is 3.12. The second-order valence-corrected chi connectivity index (χ2v) is 5.48. The molecule has 1 saturated heterocycles. The van der Waals surface area contributed by atoms with Gasteiger partial charge in [0.25, 0.3) is 0 Å². The Hall–Kier alpha value is -1.74. The van der Waals surface area contributed by atoms with Crippen LogP contribution in [0.25, 0.3) is 0 Å². The lowest BCUT2D eigenvalue weighted by Crippen LogP contribution is -2.17. The Balaban J connectivity index is 1.62. The minimum atomic E-state index is 0.702. The van der Waals surface area contributed by atoms with Gasteiger partial charge in [0.1, 0.15) is 0 Å². The highest BCUT2D eigenvalue weighted by Gasteiger charge is 2.11. The molecule has 3 nitrogen and oxygen atoms in total. The molecule has 1 aromatic heterocycles. The highest BCUT2D eigenvalue weighted by Crippen LogP contribution is 2.22. The molecule has 4 heteroatoms. The van der Waals surface area contributed by atoms with Crippen molar-refractivity contribution in [2.24, 2.45) is 0 Å². The van der Waals surface area contributed by atoms with Gasteiger partial charge in [0.05, 0.1) is 16.9 Å². The summed E-state index contributed by atoms with van der Waals surface area (Å²) in [6.07, 6.45) is 6.06. The average molecular weight is 288 g/mol. The molecule has 0 spiro atoms. The Kier molecular flexibility index (Phi) is 4.07. The lowest BCUT2D eigenvalue weighted by molar-refractivity contribution is 0.949. The minimum Gasteiger partial charge on any atom is -0.379 e. The van der Waals surface area contributed by atoms with E-state index in [1.807, 2.05) is 0 Å². The van der Waals surface area contributed by atoms with E-state index in [4.69, 9.17) is 11.6 Å². The standard InChI is InChI=1S/C16H18ClN3/c17-15-7-8-18-12-16(15)19-11-13-3-5-14(6-4-13)20-9-1-2-10-20/h3-8,12,19H,1-2,9-11H2. The van der Waals surface area contributed by atoms with Crippen LogP contribution in [0.4, 0.5) is 11.4 Å². The Morgan fingerprint density at radius 2 is 1.85 bits per heavy atom. The van der Waals surface area contributed by atoms with Crippen LogP contribution in [0.3, 0.4) is 0 Å². The smallest absolute Gasteiger partial charge is 0.0718 e. The van der Waals surface area contributed by atoms with Crippen molar-refractivity contribution < 1.29 is 0 Å². The van der Waals surface area contributed by atoms with Crippen LogP contribution >= 0.6 is 11.6 Å². The van der Waals surface area contributed by atoms with E-state index in [1.54, 1.807) is 18.5 Å². The zero-order valence-corrected chi connectivity index (χ0v) is 12.1. The topological polar surface area (TPSA) is 28.2 Å². The van der Waals surface area contributed by atoms with Gasteiger partial charge in [-0.1, -0.05) is 23.7 Å². The number of halogens is 1. The molecule has 1 fully saturated rings. The summed E-state index contributed by atoms with van der Waals surface area (Å²) in [6, 6.07) is 10.5. The van der Waals surface area contributed by atoms with Crippen LogP contribution in [0.5, 0.6) is 0 Å². The van der Waals surface area contributed by atoms with Crippen LogP contribution in [0, 0.1) is 0 Å². The molecule has 0 unspecified atom stereocenters. The van der Waals surface area contributed by atoms with Crippen molar-refractivity contribution in [3.63, 3.8) is 0 Å². The minimum absolute atomic E-state index is 0.702. The van der Waals surface area contributed by atoms with Crippen LogP contribution in [0.1, 0.15) is 18.4 Å². The molecule has 1 aliphatic heterocycles. The van der Waals surface area contributed by atoms with E-state index in [2.05, 4.69) is 39.5 Å². The van der Waals surface area contributed by atoms with Crippen LogP contribution in [0.15, 0.2) is 42.7 Å². The monoisotopic (exact) mass is 287 g/mol. The molecule has 0 amide bonds. The Morgan fingerprint density at radius 3 is 2.55 bits per heavy atom. The van der Waals surface area contributed by atoms with E-state index in [1.165, 1.54) is 37.2 Å². The first kappa shape index (κ1) is 13.3. The molecule has 20 heavy (non-hydrogen) atoms. The predicted molar refractivity (Wildman–Crippen MR) is 84.5 cm³/mol. The molecule has 1 N–H and O–H groups in total. The van der Waals surface area contributed by atoms with Gasteiger partial charge in [-0.3, -0.25) is 4.98 Å². The number of anilines is 2. The number of nitrogens with one attached hydrogen (secondary N) is 1. The van der Waals surface area contributed by atoms with Gasteiger partial charge < -0.3 is 10.2 Å². The molecule has 104 valence electrons. The van der Waals surface area contributed by atoms with Crippen LogP contribution < -0.4 is 10.2 Å². The number of hydrogen-bond donors (Lipinski definition) is 1. The van der Waals surface area contributed by atoms with Gasteiger partial charge >= 0.3 is 0 Å².